The molecule has 0 aliphatic heterocycles. The first kappa shape index (κ1) is 15.8. The van der Waals surface area contributed by atoms with Gasteiger partial charge in [-0.25, -0.2) is 0 Å². The summed E-state index contributed by atoms with van der Waals surface area (Å²) < 4.78 is 5.12. The molecular weight excluding hydrogens is 405 g/mol. The van der Waals surface area contributed by atoms with Crippen molar-refractivity contribution in [2.45, 2.75) is 58.2 Å². The minimum atomic E-state index is -1.53. The van der Waals surface area contributed by atoms with Crippen LogP contribution < -0.4 is 0 Å². The van der Waals surface area contributed by atoms with Crippen LogP contribution in [0.4, 0.5) is 0 Å². The van der Waals surface area contributed by atoms with E-state index in [9.17, 15) is 0 Å². The molecule has 0 saturated carbocycles. The van der Waals surface area contributed by atoms with Crippen molar-refractivity contribution in [1.82, 2.24) is 4.23 Å². The Balaban J connectivity index is 3.41. The number of halogens is 2. The van der Waals surface area contributed by atoms with Crippen LogP contribution in [0.1, 0.15) is 41.5 Å². The maximum Gasteiger partial charge on any atom is 0.168 e. The first-order valence-corrected chi connectivity index (χ1v) is 10.3. The van der Waals surface area contributed by atoms with Gasteiger partial charge in [0.1, 0.15) is 0 Å². The quantitative estimate of drug-likeness (QED) is 0.417. The van der Waals surface area contributed by atoms with Crippen LogP contribution >= 0.6 is 38.5 Å². The number of hydrogen-bond acceptors (Lipinski definition) is 0. The van der Waals surface area contributed by atoms with E-state index in [2.05, 4.69) is 96.7 Å². The predicted octanol–water partition coefficient (Wildman–Crippen LogP) is 5.88. The van der Waals surface area contributed by atoms with Gasteiger partial charge in [-0.1, -0.05) is 41.5 Å². The summed E-state index contributed by atoms with van der Waals surface area (Å²) in [5.74, 6) is 0. The normalized spacial score (nSPS) is 13.1. The molecule has 0 unspecified atom stereocenters. The molecular formula is C13H23BrINSi. The van der Waals surface area contributed by atoms with E-state index in [4.69, 9.17) is 0 Å². The van der Waals surface area contributed by atoms with E-state index in [1.54, 1.807) is 0 Å². The predicted molar refractivity (Wildman–Crippen MR) is 91.3 cm³/mol. The summed E-state index contributed by atoms with van der Waals surface area (Å²) >= 11 is 6.06. The van der Waals surface area contributed by atoms with E-state index in [1.807, 2.05) is 0 Å². The standard InChI is InChI=1S/C13H23BrINSi/c1-9(2)17(10(3)4,11(5)6)16-7-12(14)13(15)8-16/h7-11H,1-6H3. The summed E-state index contributed by atoms with van der Waals surface area (Å²) in [5.41, 5.74) is 2.24. The Bertz CT molecular complexity index is 343. The highest BCUT2D eigenvalue weighted by Gasteiger charge is 2.45. The minimum absolute atomic E-state index is 0.748. The third-order valence-corrected chi connectivity index (χ3v) is 12.9. The maximum atomic E-state index is 3.65. The van der Waals surface area contributed by atoms with Crippen molar-refractivity contribution in [3.05, 3.63) is 20.4 Å². The topological polar surface area (TPSA) is 4.93 Å². The largest absolute Gasteiger partial charge is 0.378 e. The monoisotopic (exact) mass is 427 g/mol. The third kappa shape index (κ3) is 2.68. The van der Waals surface area contributed by atoms with Gasteiger partial charge in [-0.3, -0.25) is 0 Å². The van der Waals surface area contributed by atoms with Gasteiger partial charge in [0.05, 0.1) is 0 Å². The Morgan fingerprint density at radius 2 is 1.41 bits per heavy atom. The summed E-state index contributed by atoms with van der Waals surface area (Å²) in [6.45, 7) is 14.4. The van der Waals surface area contributed by atoms with Crippen molar-refractivity contribution in [2.24, 2.45) is 0 Å². The lowest BCUT2D eigenvalue weighted by molar-refractivity contribution is 0.765. The fourth-order valence-electron chi connectivity index (χ4n) is 3.52. The van der Waals surface area contributed by atoms with Crippen molar-refractivity contribution >= 4 is 46.8 Å². The molecule has 1 aromatic rings. The molecule has 0 amide bonds. The Kier molecular flexibility index (Phi) is 5.36. The molecule has 0 N–H and O–H groups in total. The van der Waals surface area contributed by atoms with E-state index in [0.717, 1.165) is 16.6 Å². The molecule has 17 heavy (non-hydrogen) atoms. The molecule has 0 aliphatic carbocycles. The molecule has 1 aromatic heterocycles. The number of rotatable bonds is 4. The summed E-state index contributed by atoms with van der Waals surface area (Å²) in [6.07, 6.45) is 4.63. The minimum Gasteiger partial charge on any atom is -0.378 e. The average molecular weight is 428 g/mol. The molecule has 1 nitrogen and oxygen atoms in total. The van der Waals surface area contributed by atoms with Crippen LogP contribution in [-0.2, 0) is 0 Å². The van der Waals surface area contributed by atoms with Crippen LogP contribution in [0.3, 0.4) is 0 Å². The summed E-state index contributed by atoms with van der Waals surface area (Å²) in [6, 6.07) is 0. The van der Waals surface area contributed by atoms with Crippen LogP contribution in [0.15, 0.2) is 16.9 Å². The zero-order chi connectivity index (χ0) is 13.4. The van der Waals surface area contributed by atoms with Crippen LogP contribution in [0, 0.1) is 3.57 Å². The summed E-state index contributed by atoms with van der Waals surface area (Å²) in [4.78, 5) is 0. The lowest BCUT2D eigenvalue weighted by Gasteiger charge is -2.44. The van der Waals surface area contributed by atoms with Gasteiger partial charge in [0.2, 0.25) is 0 Å². The number of hydrogen-bond donors (Lipinski definition) is 0. The molecule has 0 spiro atoms. The molecule has 0 saturated heterocycles. The lowest BCUT2D eigenvalue weighted by Crippen LogP contribution is -2.51. The number of aromatic nitrogens is 1. The van der Waals surface area contributed by atoms with Gasteiger partial charge in [-0.2, -0.15) is 0 Å². The highest BCUT2D eigenvalue weighted by atomic mass is 127. The number of nitrogens with zero attached hydrogens (tertiary/aromatic N) is 1. The Morgan fingerprint density at radius 1 is 1.00 bits per heavy atom. The second-order valence-corrected chi connectivity index (χ2v) is 13.5. The molecule has 0 fully saturated rings. The fourth-order valence-corrected chi connectivity index (χ4v) is 11.2. The second-order valence-electron chi connectivity index (χ2n) is 5.71. The van der Waals surface area contributed by atoms with E-state index in [1.165, 1.54) is 8.04 Å². The van der Waals surface area contributed by atoms with Crippen molar-refractivity contribution < 1.29 is 0 Å². The van der Waals surface area contributed by atoms with Crippen LogP contribution in [0.5, 0.6) is 0 Å². The van der Waals surface area contributed by atoms with Crippen LogP contribution in [0.25, 0.3) is 0 Å². The molecule has 0 radical (unpaired) electrons. The van der Waals surface area contributed by atoms with Crippen molar-refractivity contribution in [3.8, 4) is 0 Å². The smallest absolute Gasteiger partial charge is 0.168 e. The van der Waals surface area contributed by atoms with Gasteiger partial charge < -0.3 is 4.23 Å². The summed E-state index contributed by atoms with van der Waals surface area (Å²) in [7, 11) is -1.53. The zero-order valence-corrected chi connectivity index (χ0v) is 16.3. The Labute approximate surface area is 129 Å². The Morgan fingerprint density at radius 3 is 1.65 bits per heavy atom. The maximum absolute atomic E-state index is 3.65. The highest BCUT2D eigenvalue weighted by molar-refractivity contribution is 14.1. The van der Waals surface area contributed by atoms with E-state index in [0.29, 0.717) is 0 Å². The van der Waals surface area contributed by atoms with Gasteiger partial charge in [0.15, 0.2) is 8.24 Å². The molecule has 0 aliphatic rings. The molecule has 1 rings (SSSR count). The molecule has 4 heteroatoms. The average Bonchev–Trinajstić information content (AvgIpc) is 2.45. The lowest BCUT2D eigenvalue weighted by atomic mass is 10.5. The van der Waals surface area contributed by atoms with E-state index in [-0.39, 0.29) is 0 Å². The highest BCUT2D eigenvalue weighted by Crippen LogP contribution is 2.43. The van der Waals surface area contributed by atoms with E-state index < -0.39 is 8.24 Å². The van der Waals surface area contributed by atoms with Gasteiger partial charge in [-0.15, -0.1) is 0 Å². The van der Waals surface area contributed by atoms with Gasteiger partial charge in [-0.05, 0) is 55.1 Å². The van der Waals surface area contributed by atoms with Crippen molar-refractivity contribution in [3.63, 3.8) is 0 Å². The van der Waals surface area contributed by atoms with Gasteiger partial charge in [0.25, 0.3) is 0 Å². The fraction of sp³-hybridized carbons (Fsp3) is 0.692. The first-order valence-electron chi connectivity index (χ1n) is 6.28. The second kappa shape index (κ2) is 5.78. The van der Waals surface area contributed by atoms with Gasteiger partial charge in [0, 0.05) is 20.4 Å². The molecule has 1 heterocycles. The van der Waals surface area contributed by atoms with Crippen LogP contribution in [0.2, 0.25) is 16.6 Å². The first-order chi connectivity index (χ1) is 7.74. The Hall–Kier alpha value is 0.707. The molecule has 0 bridgehead atoms. The van der Waals surface area contributed by atoms with Crippen molar-refractivity contribution in [1.29, 1.82) is 0 Å². The zero-order valence-electron chi connectivity index (χ0n) is 11.6. The molecule has 98 valence electrons. The third-order valence-electron chi connectivity index (χ3n) is 3.95. The molecule has 0 atom stereocenters. The summed E-state index contributed by atoms with van der Waals surface area (Å²) in [5, 5.41) is 0. The molecule has 0 aromatic carbocycles. The van der Waals surface area contributed by atoms with Crippen LogP contribution in [-0.4, -0.2) is 12.5 Å². The van der Waals surface area contributed by atoms with Crippen molar-refractivity contribution in [2.75, 3.05) is 0 Å². The van der Waals surface area contributed by atoms with Gasteiger partial charge >= 0.3 is 0 Å². The van der Waals surface area contributed by atoms with E-state index >= 15 is 0 Å². The SMILES string of the molecule is CC(C)[Si](C(C)C)(C(C)C)n1cc(Br)c(I)c1.